The zero-order valence-electron chi connectivity index (χ0n) is 15.1. The molecule has 1 N–H and O–H groups in total. The number of carboxylic acids is 1. The van der Waals surface area contributed by atoms with Crippen LogP contribution in [0.1, 0.15) is 37.4 Å². The Bertz CT molecular complexity index is 1190. The maximum atomic E-state index is 13.2. The summed E-state index contributed by atoms with van der Waals surface area (Å²) in [5, 5.41) is 11.7. The molecule has 0 aliphatic rings. The molecule has 4 aromatic carbocycles. The van der Waals surface area contributed by atoms with Gasteiger partial charge in [-0.2, -0.15) is 0 Å². The van der Waals surface area contributed by atoms with E-state index in [1.807, 2.05) is 36.4 Å². The molecule has 0 atom stereocenters. The molecule has 28 heavy (non-hydrogen) atoms. The lowest BCUT2D eigenvalue weighted by atomic mass is 9.91. The second kappa shape index (κ2) is 7.49. The molecule has 0 fully saturated rings. The predicted octanol–water partition coefficient (Wildman–Crippen LogP) is 5.36. The summed E-state index contributed by atoms with van der Waals surface area (Å²) in [4.78, 5) is 24.7. The summed E-state index contributed by atoms with van der Waals surface area (Å²) in [6.45, 7) is 0. The summed E-state index contributed by atoms with van der Waals surface area (Å²) in [7, 11) is 0. The molecule has 0 amide bonds. The lowest BCUT2D eigenvalue weighted by Gasteiger charge is -2.12. The number of benzene rings is 4. The van der Waals surface area contributed by atoms with Gasteiger partial charge in [0, 0.05) is 11.1 Å². The Labute approximate surface area is 162 Å². The van der Waals surface area contributed by atoms with Crippen LogP contribution in [0.15, 0.2) is 91.0 Å². The highest BCUT2D eigenvalue weighted by Crippen LogP contribution is 2.24. The van der Waals surface area contributed by atoms with Crippen molar-refractivity contribution in [3.63, 3.8) is 0 Å². The van der Waals surface area contributed by atoms with Gasteiger partial charge in [-0.3, -0.25) is 4.79 Å². The topological polar surface area (TPSA) is 54.4 Å². The zero-order chi connectivity index (χ0) is 19.5. The maximum absolute atomic E-state index is 13.2. The van der Waals surface area contributed by atoms with Crippen LogP contribution in [-0.4, -0.2) is 16.9 Å². The van der Waals surface area contributed by atoms with Crippen LogP contribution >= 0.6 is 0 Å². The zero-order valence-corrected chi connectivity index (χ0v) is 15.1. The quantitative estimate of drug-likeness (QED) is 0.484. The van der Waals surface area contributed by atoms with Crippen LogP contribution in [0.5, 0.6) is 0 Å². The smallest absolute Gasteiger partial charge is 0.336 e. The van der Waals surface area contributed by atoms with Crippen LogP contribution in [0.2, 0.25) is 0 Å². The van der Waals surface area contributed by atoms with E-state index in [4.69, 9.17) is 0 Å². The highest BCUT2D eigenvalue weighted by molar-refractivity contribution is 6.15. The van der Waals surface area contributed by atoms with Crippen molar-refractivity contribution in [2.45, 2.75) is 6.42 Å². The SMILES string of the molecule is O=C(O)c1ccccc1C(=O)c1ccccc1Cc1cccc2ccccc12. The molecule has 4 aromatic rings. The molecular formula is C25H18O3. The molecule has 0 aliphatic carbocycles. The summed E-state index contributed by atoms with van der Waals surface area (Å²) in [5.41, 5.74) is 2.77. The van der Waals surface area contributed by atoms with Gasteiger partial charge in [0.1, 0.15) is 0 Å². The molecule has 0 saturated heterocycles. The van der Waals surface area contributed by atoms with E-state index in [1.54, 1.807) is 24.3 Å². The van der Waals surface area contributed by atoms with E-state index >= 15 is 0 Å². The number of aromatic carboxylic acids is 1. The predicted molar refractivity (Wildman–Crippen MR) is 110 cm³/mol. The van der Waals surface area contributed by atoms with Crippen molar-refractivity contribution in [3.8, 4) is 0 Å². The second-order valence-corrected chi connectivity index (χ2v) is 6.65. The van der Waals surface area contributed by atoms with Gasteiger partial charge >= 0.3 is 5.97 Å². The molecule has 3 heteroatoms. The van der Waals surface area contributed by atoms with Crippen LogP contribution in [0.3, 0.4) is 0 Å². The van der Waals surface area contributed by atoms with Crippen LogP contribution in [0.4, 0.5) is 0 Å². The molecule has 0 unspecified atom stereocenters. The second-order valence-electron chi connectivity index (χ2n) is 6.65. The Hall–Kier alpha value is -3.72. The molecule has 136 valence electrons. The van der Waals surface area contributed by atoms with E-state index in [0.29, 0.717) is 12.0 Å². The van der Waals surface area contributed by atoms with Gasteiger partial charge in [-0.25, -0.2) is 4.79 Å². The van der Waals surface area contributed by atoms with Crippen molar-refractivity contribution in [3.05, 3.63) is 119 Å². The number of fused-ring (bicyclic) bond motifs is 1. The first-order chi connectivity index (χ1) is 13.6. The first-order valence-corrected chi connectivity index (χ1v) is 9.07. The largest absolute Gasteiger partial charge is 0.478 e. The van der Waals surface area contributed by atoms with E-state index in [1.165, 1.54) is 6.07 Å². The molecule has 0 spiro atoms. The van der Waals surface area contributed by atoms with Crippen LogP contribution in [-0.2, 0) is 6.42 Å². The Morgan fingerprint density at radius 2 is 1.18 bits per heavy atom. The van der Waals surface area contributed by atoms with Crippen molar-refractivity contribution in [1.29, 1.82) is 0 Å². The van der Waals surface area contributed by atoms with Crippen molar-refractivity contribution < 1.29 is 14.7 Å². The highest BCUT2D eigenvalue weighted by atomic mass is 16.4. The van der Waals surface area contributed by atoms with Crippen molar-refractivity contribution in [1.82, 2.24) is 0 Å². The van der Waals surface area contributed by atoms with Crippen LogP contribution < -0.4 is 0 Å². The molecule has 0 aromatic heterocycles. The molecule has 0 aliphatic heterocycles. The van der Waals surface area contributed by atoms with Gasteiger partial charge in [0.25, 0.3) is 0 Å². The number of carbonyl (C=O) groups excluding carboxylic acids is 1. The van der Waals surface area contributed by atoms with Gasteiger partial charge in [-0.15, -0.1) is 0 Å². The third kappa shape index (κ3) is 3.30. The van der Waals surface area contributed by atoms with E-state index in [9.17, 15) is 14.7 Å². The van der Waals surface area contributed by atoms with Crippen molar-refractivity contribution >= 4 is 22.5 Å². The first kappa shape index (κ1) is 17.7. The van der Waals surface area contributed by atoms with Gasteiger partial charge in [-0.05, 0) is 34.4 Å². The minimum Gasteiger partial charge on any atom is -0.478 e. The molecule has 0 saturated carbocycles. The molecular weight excluding hydrogens is 348 g/mol. The Morgan fingerprint density at radius 3 is 1.96 bits per heavy atom. The summed E-state index contributed by atoms with van der Waals surface area (Å²) >= 11 is 0. The standard InChI is InChI=1S/C25H18O3/c26-24(22-14-5-6-15-23(22)25(27)28)21-13-4-2-9-19(21)16-18-11-7-10-17-8-1-3-12-20(17)18/h1-15H,16H2,(H,27,28). The van der Waals surface area contributed by atoms with Gasteiger partial charge in [0.2, 0.25) is 0 Å². The summed E-state index contributed by atoms with van der Waals surface area (Å²) in [5.74, 6) is -1.37. The minimum absolute atomic E-state index is 0.0208. The molecule has 0 heterocycles. The minimum atomic E-state index is -1.10. The summed E-state index contributed by atoms with van der Waals surface area (Å²) < 4.78 is 0. The fourth-order valence-electron chi connectivity index (χ4n) is 3.56. The number of rotatable bonds is 5. The average Bonchev–Trinajstić information content (AvgIpc) is 2.74. The van der Waals surface area contributed by atoms with Gasteiger partial charge < -0.3 is 5.11 Å². The van der Waals surface area contributed by atoms with Crippen molar-refractivity contribution in [2.75, 3.05) is 0 Å². The third-order valence-electron chi connectivity index (χ3n) is 4.92. The number of ketones is 1. The Kier molecular flexibility index (Phi) is 4.73. The lowest BCUT2D eigenvalue weighted by molar-refractivity contribution is 0.0692. The summed E-state index contributed by atoms with van der Waals surface area (Å²) in [6, 6.07) is 28.1. The Morgan fingerprint density at radius 1 is 0.607 bits per heavy atom. The fraction of sp³-hybridized carbons (Fsp3) is 0.0400. The monoisotopic (exact) mass is 366 g/mol. The van der Waals surface area contributed by atoms with Gasteiger partial charge in [0.05, 0.1) is 5.56 Å². The molecule has 0 radical (unpaired) electrons. The lowest BCUT2D eigenvalue weighted by Crippen LogP contribution is -2.11. The van der Waals surface area contributed by atoms with Crippen molar-refractivity contribution in [2.24, 2.45) is 0 Å². The van der Waals surface area contributed by atoms with E-state index in [0.717, 1.165) is 21.9 Å². The van der Waals surface area contributed by atoms with Crippen LogP contribution in [0.25, 0.3) is 10.8 Å². The number of hydrogen-bond donors (Lipinski definition) is 1. The number of hydrogen-bond acceptors (Lipinski definition) is 2. The molecule has 0 bridgehead atoms. The normalized spacial score (nSPS) is 10.7. The van der Waals surface area contributed by atoms with Crippen LogP contribution in [0, 0.1) is 0 Å². The fourth-order valence-corrected chi connectivity index (χ4v) is 3.56. The van der Waals surface area contributed by atoms with E-state index in [-0.39, 0.29) is 16.9 Å². The summed E-state index contributed by atoms with van der Waals surface area (Å²) in [6.07, 6.45) is 0.596. The average molecular weight is 366 g/mol. The molecule has 3 nitrogen and oxygen atoms in total. The first-order valence-electron chi connectivity index (χ1n) is 9.07. The molecule has 4 rings (SSSR count). The number of carboxylic acid groups (broad SMARTS) is 1. The Balaban J connectivity index is 1.78. The third-order valence-corrected chi connectivity index (χ3v) is 4.92. The van der Waals surface area contributed by atoms with E-state index in [2.05, 4.69) is 24.3 Å². The number of carbonyl (C=O) groups is 2. The maximum Gasteiger partial charge on any atom is 0.336 e. The van der Waals surface area contributed by atoms with E-state index < -0.39 is 5.97 Å². The highest BCUT2D eigenvalue weighted by Gasteiger charge is 2.19. The van der Waals surface area contributed by atoms with Gasteiger partial charge in [-0.1, -0.05) is 84.9 Å². The van der Waals surface area contributed by atoms with Gasteiger partial charge in [0.15, 0.2) is 5.78 Å².